The molecule has 1 aromatic carbocycles. The summed E-state index contributed by atoms with van der Waals surface area (Å²) in [5, 5.41) is 3.04. The molecule has 0 aliphatic rings. The van der Waals surface area contributed by atoms with Crippen molar-refractivity contribution < 1.29 is 23.4 Å². The maximum atomic E-state index is 12.5. The van der Waals surface area contributed by atoms with Crippen molar-refractivity contribution in [3.63, 3.8) is 0 Å². The van der Waals surface area contributed by atoms with E-state index in [-0.39, 0.29) is 24.5 Å². The molecule has 0 radical (unpaired) electrons. The summed E-state index contributed by atoms with van der Waals surface area (Å²) < 4.78 is 30.8. The molecule has 3 atom stereocenters. The van der Waals surface area contributed by atoms with Gasteiger partial charge in [0.25, 0.3) is 6.35 Å². The minimum absolute atomic E-state index is 0.112. The minimum atomic E-state index is -2.16. The summed E-state index contributed by atoms with van der Waals surface area (Å²) in [6.07, 6.45) is 2.37. The lowest BCUT2D eigenvalue weighted by Crippen LogP contribution is -2.30. The highest BCUT2D eigenvalue weighted by atomic mass is 31.1. The zero-order valence-electron chi connectivity index (χ0n) is 19.0. The van der Waals surface area contributed by atoms with Crippen molar-refractivity contribution in [3.8, 4) is 5.75 Å². The van der Waals surface area contributed by atoms with Crippen LogP contribution in [0.2, 0.25) is 0 Å². The van der Waals surface area contributed by atoms with Crippen LogP contribution in [0.15, 0.2) is 36.9 Å². The number of para-hydroxylation sites is 2. The highest BCUT2D eigenvalue weighted by Crippen LogP contribution is 2.33. The molecule has 0 saturated heterocycles. The van der Waals surface area contributed by atoms with Gasteiger partial charge in [0.15, 0.2) is 11.5 Å². The van der Waals surface area contributed by atoms with Crippen LogP contribution in [0.3, 0.4) is 0 Å². The first-order valence-electron chi connectivity index (χ1n) is 10.5. The maximum Gasteiger partial charge on any atom is 0.585 e. The Labute approximate surface area is 192 Å². The monoisotopic (exact) mass is 475 g/mol. The van der Waals surface area contributed by atoms with Gasteiger partial charge in [-0.05, 0) is 44.4 Å². The molecule has 2 heterocycles. The van der Waals surface area contributed by atoms with E-state index in [4.69, 9.17) is 19.7 Å². The van der Waals surface area contributed by atoms with E-state index in [1.807, 2.05) is 6.92 Å². The Balaban J connectivity index is 1.54. The van der Waals surface area contributed by atoms with E-state index < -0.39 is 14.1 Å². The largest absolute Gasteiger partial charge is 0.585 e. The summed E-state index contributed by atoms with van der Waals surface area (Å²) in [6.45, 7) is 7.53. The van der Waals surface area contributed by atoms with Gasteiger partial charge in [-0.25, -0.2) is 19.7 Å². The Kier molecular flexibility index (Phi) is 8.13. The Bertz CT molecular complexity index is 1120. The summed E-state index contributed by atoms with van der Waals surface area (Å²) in [4.78, 5) is 24.4. The number of nitrogens with one attached hydrogen (secondary N) is 1. The molecule has 0 saturated carbocycles. The molecule has 0 spiro atoms. The number of carbonyl (C=O) groups is 1. The van der Waals surface area contributed by atoms with Gasteiger partial charge in [-0.2, -0.15) is 0 Å². The van der Waals surface area contributed by atoms with E-state index in [1.165, 1.54) is 6.33 Å². The molecule has 3 N–H and O–H groups in total. The molecule has 12 heteroatoms. The van der Waals surface area contributed by atoms with Crippen LogP contribution >= 0.6 is 8.03 Å². The Hall–Kier alpha value is -3.30. The van der Waals surface area contributed by atoms with Crippen LogP contribution in [0.25, 0.3) is 11.2 Å². The number of fused-ring (bicyclic) bond motifs is 1. The lowest BCUT2D eigenvalue weighted by atomic mass is 10.2. The van der Waals surface area contributed by atoms with Gasteiger partial charge in [0.05, 0.1) is 30.8 Å². The van der Waals surface area contributed by atoms with E-state index in [2.05, 4.69) is 20.3 Å². The van der Waals surface area contributed by atoms with Crippen LogP contribution in [0.5, 0.6) is 5.75 Å². The second-order valence-corrected chi connectivity index (χ2v) is 8.81. The van der Waals surface area contributed by atoms with Crippen LogP contribution in [-0.2, 0) is 25.4 Å². The molecular formula is C21H28N6O5P+. The van der Waals surface area contributed by atoms with Crippen molar-refractivity contribution in [1.82, 2.24) is 19.5 Å². The zero-order chi connectivity index (χ0) is 24.0. The molecule has 11 nitrogen and oxygen atoms in total. The summed E-state index contributed by atoms with van der Waals surface area (Å²) in [6, 6.07) is 6.34. The van der Waals surface area contributed by atoms with Crippen LogP contribution in [0, 0.1) is 0 Å². The molecule has 33 heavy (non-hydrogen) atoms. The average molecular weight is 475 g/mol. The normalized spacial score (nSPS) is 13.5. The average Bonchev–Trinajstić information content (AvgIpc) is 3.17. The third kappa shape index (κ3) is 6.59. The number of esters is 1. The molecule has 0 aliphatic carbocycles. The van der Waals surface area contributed by atoms with Crippen molar-refractivity contribution >= 4 is 36.7 Å². The van der Waals surface area contributed by atoms with Crippen LogP contribution in [0.1, 0.15) is 27.7 Å². The van der Waals surface area contributed by atoms with Gasteiger partial charge in [-0.1, -0.05) is 12.1 Å². The number of imidazole rings is 1. The smallest absolute Gasteiger partial charge is 0.461 e. The van der Waals surface area contributed by atoms with Crippen molar-refractivity contribution in [3.05, 3.63) is 36.9 Å². The molecule has 0 aliphatic heterocycles. The lowest BCUT2D eigenvalue weighted by molar-refractivity contribution is -0.147. The highest BCUT2D eigenvalue weighted by Gasteiger charge is 2.25. The van der Waals surface area contributed by atoms with Gasteiger partial charge in [0, 0.05) is 0 Å². The van der Waals surface area contributed by atoms with Gasteiger partial charge in [-0.3, -0.25) is 4.52 Å². The Morgan fingerprint density at radius 2 is 1.94 bits per heavy atom. The third-order valence-electron chi connectivity index (χ3n) is 4.51. The number of nitrogens with two attached hydrogens (primary N) is 1. The number of carbonyl (C=O) groups excluding carboxylic acids is 1. The number of benzene rings is 1. The summed E-state index contributed by atoms with van der Waals surface area (Å²) in [5.41, 5.74) is 7.46. The van der Waals surface area contributed by atoms with Gasteiger partial charge >= 0.3 is 14.0 Å². The molecule has 3 unspecified atom stereocenters. The number of rotatable bonds is 11. The summed E-state index contributed by atoms with van der Waals surface area (Å²) in [7, 11) is -2.16. The van der Waals surface area contributed by atoms with Gasteiger partial charge in [0.2, 0.25) is 5.75 Å². The SMILES string of the molecule is CC(C)OC(=O)C(C)Nc1ccccc1O[P+](=O)COC(C)Cn1cnc2c(N)ncnc21. The second-order valence-electron chi connectivity index (χ2n) is 7.71. The minimum Gasteiger partial charge on any atom is -0.461 e. The molecule has 0 amide bonds. The fourth-order valence-electron chi connectivity index (χ4n) is 2.98. The number of nitrogens with zero attached hydrogens (tertiary/aromatic N) is 4. The highest BCUT2D eigenvalue weighted by molar-refractivity contribution is 7.39. The maximum absolute atomic E-state index is 12.5. The first-order chi connectivity index (χ1) is 15.7. The molecule has 0 bridgehead atoms. The van der Waals surface area contributed by atoms with Crippen LogP contribution in [-0.4, -0.2) is 50.1 Å². The zero-order valence-corrected chi connectivity index (χ0v) is 19.9. The van der Waals surface area contributed by atoms with Crippen LogP contribution < -0.4 is 15.6 Å². The standard InChI is InChI=1S/C21H28N6O5P/c1-13(2)31-21(28)15(4)26-16-7-5-6-8-17(16)32-33(29)12-30-14(3)9-27-11-25-18-19(22)23-10-24-20(18)27/h5-8,10-11,13-15,26H,9,12H2,1-4H3,(H2,22,23,24)/q+1. The van der Waals surface area contributed by atoms with E-state index in [0.29, 0.717) is 35.0 Å². The van der Waals surface area contributed by atoms with E-state index in [1.54, 1.807) is 55.9 Å². The number of hydrogen-bond acceptors (Lipinski definition) is 10. The number of aromatic nitrogens is 4. The summed E-state index contributed by atoms with van der Waals surface area (Å²) in [5.74, 6) is 0.273. The number of ether oxygens (including phenoxy) is 2. The number of nitrogen functional groups attached to an aromatic ring is 1. The second kappa shape index (κ2) is 11.0. The fourth-order valence-corrected chi connectivity index (χ4v) is 3.79. The van der Waals surface area contributed by atoms with Crippen LogP contribution in [0.4, 0.5) is 11.5 Å². The Morgan fingerprint density at radius 3 is 2.70 bits per heavy atom. The van der Waals surface area contributed by atoms with E-state index in [9.17, 15) is 9.36 Å². The third-order valence-corrected chi connectivity index (χ3v) is 5.27. The predicted octanol–water partition coefficient (Wildman–Crippen LogP) is 3.34. The topological polar surface area (TPSA) is 143 Å². The van der Waals surface area contributed by atoms with Crippen molar-refractivity contribution in [2.75, 3.05) is 17.4 Å². The number of anilines is 2. The first kappa shape index (κ1) is 24.3. The van der Waals surface area contributed by atoms with E-state index >= 15 is 0 Å². The Morgan fingerprint density at radius 1 is 1.18 bits per heavy atom. The molecular weight excluding hydrogens is 447 g/mol. The van der Waals surface area contributed by atoms with Gasteiger partial charge in [0.1, 0.15) is 17.9 Å². The van der Waals surface area contributed by atoms with Crippen molar-refractivity contribution in [1.29, 1.82) is 0 Å². The molecule has 2 aromatic heterocycles. The predicted molar refractivity (Wildman–Crippen MR) is 124 cm³/mol. The van der Waals surface area contributed by atoms with Gasteiger partial charge in [-0.15, -0.1) is 0 Å². The fraction of sp³-hybridized carbons (Fsp3) is 0.429. The summed E-state index contributed by atoms with van der Waals surface area (Å²) >= 11 is 0. The lowest BCUT2D eigenvalue weighted by Gasteiger charge is -2.17. The molecule has 176 valence electrons. The molecule has 3 rings (SSSR count). The number of hydrogen-bond donors (Lipinski definition) is 2. The van der Waals surface area contributed by atoms with Crippen molar-refractivity contribution in [2.24, 2.45) is 0 Å². The van der Waals surface area contributed by atoms with Crippen molar-refractivity contribution in [2.45, 2.75) is 52.5 Å². The molecule has 0 fully saturated rings. The molecule has 3 aromatic rings. The quantitative estimate of drug-likeness (QED) is 0.313. The van der Waals surface area contributed by atoms with E-state index in [0.717, 1.165) is 0 Å². The van der Waals surface area contributed by atoms with Gasteiger partial charge < -0.3 is 25.1 Å². The first-order valence-corrected chi connectivity index (χ1v) is 11.8.